The molecule has 1 aromatic carbocycles. The van der Waals surface area contributed by atoms with Gasteiger partial charge in [-0.05, 0) is 36.3 Å². The maximum atomic E-state index is 12.7. The lowest BCUT2D eigenvalue weighted by atomic mass is 10.1. The van der Waals surface area contributed by atoms with Crippen LogP contribution in [0.2, 0.25) is 5.02 Å². The van der Waals surface area contributed by atoms with Crippen LogP contribution in [0.3, 0.4) is 0 Å². The zero-order valence-electron chi connectivity index (χ0n) is 17.9. The summed E-state index contributed by atoms with van der Waals surface area (Å²) in [4.78, 5) is 16.9. The molecular formula is C21H29ClN8O. The van der Waals surface area contributed by atoms with E-state index in [1.54, 1.807) is 29.8 Å². The van der Waals surface area contributed by atoms with Crippen molar-refractivity contribution in [2.45, 2.75) is 20.0 Å². The first-order valence-electron chi connectivity index (χ1n) is 10.1. The highest BCUT2D eigenvalue weighted by Gasteiger charge is 2.20. The van der Waals surface area contributed by atoms with E-state index in [0.717, 1.165) is 30.8 Å². The summed E-state index contributed by atoms with van der Waals surface area (Å²) in [6.45, 7) is 5.87. The van der Waals surface area contributed by atoms with Gasteiger partial charge in [0.2, 0.25) is 5.91 Å². The molecule has 1 aliphatic heterocycles. The molecule has 1 saturated heterocycles. The van der Waals surface area contributed by atoms with Crippen LogP contribution >= 0.6 is 11.6 Å². The van der Waals surface area contributed by atoms with E-state index in [4.69, 9.17) is 23.2 Å². The highest BCUT2D eigenvalue weighted by atomic mass is 35.5. The van der Waals surface area contributed by atoms with Crippen LogP contribution < -0.4 is 11.6 Å². The third-order valence-electron chi connectivity index (χ3n) is 4.98. The van der Waals surface area contributed by atoms with E-state index in [1.807, 2.05) is 36.5 Å². The van der Waals surface area contributed by atoms with Crippen LogP contribution in [-0.2, 0) is 24.9 Å². The number of rotatable bonds is 7. The SMILES string of the molecule is C/C(N)=N/N(N)Cc1cc(Cl)ccc1/C=C/C(=O)N1CCN(Cc2cnn(C)c2)CC1. The summed E-state index contributed by atoms with van der Waals surface area (Å²) < 4.78 is 1.80. The number of carbonyl (C=O) groups excluding carboxylic acids is 1. The molecule has 166 valence electrons. The van der Waals surface area contributed by atoms with E-state index in [9.17, 15) is 4.79 Å². The monoisotopic (exact) mass is 444 g/mol. The Bertz CT molecular complexity index is 958. The van der Waals surface area contributed by atoms with Crippen LogP contribution in [0.4, 0.5) is 0 Å². The second-order valence-electron chi connectivity index (χ2n) is 7.64. The van der Waals surface area contributed by atoms with E-state index >= 15 is 0 Å². The Labute approximate surface area is 187 Å². The van der Waals surface area contributed by atoms with E-state index in [2.05, 4.69) is 15.1 Å². The number of benzene rings is 1. The van der Waals surface area contributed by atoms with Crippen molar-refractivity contribution in [3.63, 3.8) is 0 Å². The summed E-state index contributed by atoms with van der Waals surface area (Å²) in [6.07, 6.45) is 7.30. The van der Waals surface area contributed by atoms with E-state index in [-0.39, 0.29) is 5.91 Å². The summed E-state index contributed by atoms with van der Waals surface area (Å²) in [7, 11) is 1.91. The van der Waals surface area contributed by atoms with Crippen LogP contribution in [0, 0.1) is 0 Å². The van der Waals surface area contributed by atoms with Gasteiger partial charge in [-0.1, -0.05) is 17.7 Å². The molecular weight excluding hydrogens is 416 g/mol. The summed E-state index contributed by atoms with van der Waals surface area (Å²) in [5.41, 5.74) is 8.47. The van der Waals surface area contributed by atoms with Gasteiger partial charge in [0.05, 0.1) is 12.7 Å². The number of amides is 1. The lowest BCUT2D eigenvalue weighted by Crippen LogP contribution is -2.47. The van der Waals surface area contributed by atoms with E-state index in [0.29, 0.717) is 30.5 Å². The highest BCUT2D eigenvalue weighted by molar-refractivity contribution is 6.30. The van der Waals surface area contributed by atoms with Gasteiger partial charge in [-0.3, -0.25) is 14.4 Å². The van der Waals surface area contributed by atoms with Crippen LogP contribution in [0.5, 0.6) is 0 Å². The Kier molecular flexibility index (Phi) is 7.67. The van der Waals surface area contributed by atoms with Gasteiger partial charge >= 0.3 is 0 Å². The third-order valence-corrected chi connectivity index (χ3v) is 5.21. The molecule has 0 spiro atoms. The number of aryl methyl sites for hydroxylation is 1. The van der Waals surface area contributed by atoms with Crippen molar-refractivity contribution >= 4 is 29.4 Å². The fraction of sp³-hybridized carbons (Fsp3) is 0.381. The first-order chi connectivity index (χ1) is 14.8. The first-order valence-corrected chi connectivity index (χ1v) is 10.5. The summed E-state index contributed by atoms with van der Waals surface area (Å²) in [5.74, 6) is 6.23. The topological polar surface area (TPSA) is 109 Å². The van der Waals surface area contributed by atoms with Gasteiger partial charge in [0.15, 0.2) is 0 Å². The molecule has 2 heterocycles. The second-order valence-corrected chi connectivity index (χ2v) is 8.08. The molecule has 1 aromatic heterocycles. The fourth-order valence-electron chi connectivity index (χ4n) is 3.49. The normalized spacial score (nSPS) is 15.6. The quantitative estimate of drug-likeness (QED) is 0.220. The van der Waals surface area contributed by atoms with Gasteiger partial charge in [0.1, 0.15) is 5.84 Å². The number of hydrazone groups is 1. The van der Waals surface area contributed by atoms with Crippen molar-refractivity contribution in [2.75, 3.05) is 26.2 Å². The zero-order valence-corrected chi connectivity index (χ0v) is 18.7. The maximum Gasteiger partial charge on any atom is 0.246 e. The minimum atomic E-state index is -0.0117. The van der Waals surface area contributed by atoms with Gasteiger partial charge in [-0.2, -0.15) is 5.10 Å². The number of carbonyl (C=O) groups is 1. The Morgan fingerprint density at radius 3 is 2.71 bits per heavy atom. The van der Waals surface area contributed by atoms with Crippen LogP contribution in [-0.4, -0.2) is 62.6 Å². The minimum Gasteiger partial charge on any atom is -0.386 e. The molecule has 4 N–H and O–H groups in total. The molecule has 3 rings (SSSR count). The molecule has 2 aromatic rings. The zero-order chi connectivity index (χ0) is 22.4. The van der Waals surface area contributed by atoms with Gasteiger partial charge in [-0.25, -0.2) is 11.0 Å². The van der Waals surface area contributed by atoms with Crippen molar-refractivity contribution in [1.82, 2.24) is 24.7 Å². The number of hydrogen-bond acceptors (Lipinski definition) is 6. The number of nitrogens with zero attached hydrogens (tertiary/aromatic N) is 6. The molecule has 0 saturated carbocycles. The van der Waals surface area contributed by atoms with E-state index in [1.165, 1.54) is 10.7 Å². The number of piperazine rings is 1. The number of nitrogens with two attached hydrogens (primary N) is 2. The molecule has 1 fully saturated rings. The van der Waals surface area contributed by atoms with Gasteiger partial charge in [-0.15, -0.1) is 5.10 Å². The standard InChI is InChI=1S/C21H29ClN8O/c1-16(23)26-30(24)15-19-11-20(22)5-3-18(19)4-6-21(31)29-9-7-28(8-10-29)14-17-12-25-27(2)13-17/h3-6,11-13H,7-10,14-15,24H2,1-2H3,(H2,23,26)/b6-4+. The number of hydrazine groups is 1. The molecule has 1 aliphatic rings. The molecule has 1 amide bonds. The van der Waals surface area contributed by atoms with Crippen LogP contribution in [0.1, 0.15) is 23.6 Å². The third kappa shape index (κ3) is 6.81. The van der Waals surface area contributed by atoms with Crippen molar-refractivity contribution in [2.24, 2.45) is 23.7 Å². The average Bonchev–Trinajstić information content (AvgIpc) is 3.11. The Morgan fingerprint density at radius 2 is 2.06 bits per heavy atom. The molecule has 0 bridgehead atoms. The Hall–Kier alpha value is -2.88. The Balaban J connectivity index is 1.58. The predicted octanol–water partition coefficient (Wildman–Crippen LogP) is 1.40. The number of halogens is 1. The van der Waals surface area contributed by atoms with Crippen LogP contribution in [0.15, 0.2) is 41.8 Å². The predicted molar refractivity (Wildman–Crippen MR) is 123 cm³/mol. The average molecular weight is 445 g/mol. The lowest BCUT2D eigenvalue weighted by Gasteiger charge is -2.34. The molecule has 9 nitrogen and oxygen atoms in total. The number of hydrogen-bond donors (Lipinski definition) is 2. The summed E-state index contributed by atoms with van der Waals surface area (Å²) in [5, 5.41) is 10.1. The molecule has 0 atom stereocenters. The Morgan fingerprint density at radius 1 is 1.32 bits per heavy atom. The summed E-state index contributed by atoms with van der Waals surface area (Å²) in [6, 6.07) is 5.45. The van der Waals surface area contributed by atoms with Crippen molar-refractivity contribution < 1.29 is 4.79 Å². The first kappa shape index (κ1) is 22.8. The van der Waals surface area contributed by atoms with Crippen LogP contribution in [0.25, 0.3) is 6.08 Å². The van der Waals surface area contributed by atoms with Crippen molar-refractivity contribution in [1.29, 1.82) is 0 Å². The maximum absolute atomic E-state index is 12.7. The number of amidine groups is 1. The van der Waals surface area contributed by atoms with Crippen molar-refractivity contribution in [3.05, 3.63) is 58.4 Å². The van der Waals surface area contributed by atoms with Gasteiger partial charge in [0, 0.05) is 62.6 Å². The largest absolute Gasteiger partial charge is 0.386 e. The fourth-order valence-corrected chi connectivity index (χ4v) is 3.69. The number of aromatic nitrogens is 2. The van der Waals surface area contributed by atoms with Gasteiger partial charge < -0.3 is 10.6 Å². The summed E-state index contributed by atoms with van der Waals surface area (Å²) >= 11 is 6.13. The molecule has 31 heavy (non-hydrogen) atoms. The highest BCUT2D eigenvalue weighted by Crippen LogP contribution is 2.19. The molecule has 0 aliphatic carbocycles. The molecule has 0 radical (unpaired) electrons. The van der Waals surface area contributed by atoms with Gasteiger partial charge in [0.25, 0.3) is 0 Å². The minimum absolute atomic E-state index is 0.0117. The molecule has 10 heteroatoms. The lowest BCUT2D eigenvalue weighted by molar-refractivity contribution is -0.127. The molecule has 0 unspecified atom stereocenters. The second kappa shape index (κ2) is 10.4. The van der Waals surface area contributed by atoms with Crippen molar-refractivity contribution in [3.8, 4) is 0 Å². The van der Waals surface area contributed by atoms with E-state index < -0.39 is 0 Å². The smallest absolute Gasteiger partial charge is 0.246 e.